The summed E-state index contributed by atoms with van der Waals surface area (Å²) in [7, 11) is 0. The first-order chi connectivity index (χ1) is 10.6. The average molecular weight is 296 g/mol. The summed E-state index contributed by atoms with van der Waals surface area (Å²) in [5.74, 6) is 0.521. The van der Waals surface area contributed by atoms with E-state index in [9.17, 15) is 4.39 Å². The van der Waals surface area contributed by atoms with E-state index in [-0.39, 0.29) is 5.82 Å². The molecule has 0 aliphatic heterocycles. The Morgan fingerprint density at radius 2 is 1.82 bits per heavy atom. The first-order valence-corrected chi connectivity index (χ1v) is 7.13. The Morgan fingerprint density at radius 3 is 2.45 bits per heavy atom. The molecule has 0 saturated carbocycles. The van der Waals surface area contributed by atoms with Crippen molar-refractivity contribution in [1.82, 2.24) is 15.0 Å². The molecular formula is C17H17FN4. The van der Waals surface area contributed by atoms with Crippen molar-refractivity contribution in [2.75, 3.05) is 5.73 Å². The second kappa shape index (κ2) is 5.60. The van der Waals surface area contributed by atoms with Gasteiger partial charge in [-0.1, -0.05) is 49.4 Å². The monoisotopic (exact) mass is 296 g/mol. The standard InChI is InChI=1S/C17H17FN4/c1-11(2)12-6-8-13(9-7-12)16-17(19)22(21-20-16)15-5-3-4-14(18)10-15/h3-11H,19H2,1-2H3. The van der Waals surface area contributed by atoms with Crippen LogP contribution in [-0.2, 0) is 0 Å². The minimum Gasteiger partial charge on any atom is -0.382 e. The van der Waals surface area contributed by atoms with E-state index >= 15 is 0 Å². The molecule has 1 aromatic heterocycles. The summed E-state index contributed by atoms with van der Waals surface area (Å²) in [6, 6.07) is 14.2. The summed E-state index contributed by atoms with van der Waals surface area (Å²) < 4.78 is 14.8. The van der Waals surface area contributed by atoms with Crippen LogP contribution in [0.1, 0.15) is 25.3 Å². The Hall–Kier alpha value is -2.69. The number of nitrogens with two attached hydrogens (primary N) is 1. The molecule has 3 rings (SSSR count). The van der Waals surface area contributed by atoms with Gasteiger partial charge in [-0.3, -0.25) is 0 Å². The van der Waals surface area contributed by atoms with Crippen molar-refractivity contribution in [2.45, 2.75) is 19.8 Å². The molecule has 0 amide bonds. The van der Waals surface area contributed by atoms with Crippen LogP contribution in [0.25, 0.3) is 16.9 Å². The van der Waals surface area contributed by atoms with Gasteiger partial charge in [-0.2, -0.15) is 4.68 Å². The zero-order valence-corrected chi connectivity index (χ0v) is 12.5. The van der Waals surface area contributed by atoms with Gasteiger partial charge in [-0.25, -0.2) is 4.39 Å². The highest BCUT2D eigenvalue weighted by molar-refractivity contribution is 5.71. The maximum absolute atomic E-state index is 13.3. The lowest BCUT2D eigenvalue weighted by molar-refractivity contribution is 0.625. The van der Waals surface area contributed by atoms with Gasteiger partial charge >= 0.3 is 0 Å². The van der Waals surface area contributed by atoms with Crippen LogP contribution in [0, 0.1) is 5.82 Å². The van der Waals surface area contributed by atoms with E-state index in [1.165, 1.54) is 22.4 Å². The molecule has 0 bridgehead atoms. The van der Waals surface area contributed by atoms with E-state index in [0.717, 1.165) is 5.56 Å². The Morgan fingerprint density at radius 1 is 1.09 bits per heavy atom. The van der Waals surface area contributed by atoms with Crippen LogP contribution < -0.4 is 5.73 Å². The van der Waals surface area contributed by atoms with Crippen LogP contribution in [0.3, 0.4) is 0 Å². The number of halogens is 1. The van der Waals surface area contributed by atoms with Gasteiger partial charge in [0.15, 0.2) is 5.82 Å². The SMILES string of the molecule is CC(C)c1ccc(-c2nnn(-c3cccc(F)c3)c2N)cc1. The molecule has 0 fully saturated rings. The summed E-state index contributed by atoms with van der Waals surface area (Å²) in [6.45, 7) is 4.28. The third-order valence-corrected chi connectivity index (χ3v) is 3.61. The average Bonchev–Trinajstić information content (AvgIpc) is 2.89. The molecule has 0 aliphatic rings. The molecule has 1 heterocycles. The lowest BCUT2D eigenvalue weighted by Crippen LogP contribution is -2.02. The van der Waals surface area contributed by atoms with Crippen molar-refractivity contribution >= 4 is 5.82 Å². The number of aromatic nitrogens is 3. The molecule has 0 radical (unpaired) electrons. The van der Waals surface area contributed by atoms with Crippen LogP contribution in [0.15, 0.2) is 48.5 Å². The normalized spacial score (nSPS) is 11.1. The maximum atomic E-state index is 13.3. The number of hydrogen-bond donors (Lipinski definition) is 1. The molecule has 112 valence electrons. The zero-order chi connectivity index (χ0) is 15.7. The number of benzene rings is 2. The van der Waals surface area contributed by atoms with Gasteiger partial charge in [0.1, 0.15) is 11.5 Å². The van der Waals surface area contributed by atoms with Gasteiger partial charge in [0.2, 0.25) is 0 Å². The van der Waals surface area contributed by atoms with E-state index in [1.807, 2.05) is 12.1 Å². The van der Waals surface area contributed by atoms with Crippen LogP contribution in [-0.4, -0.2) is 15.0 Å². The largest absolute Gasteiger partial charge is 0.382 e. The zero-order valence-electron chi connectivity index (χ0n) is 12.5. The Labute approximate surface area is 128 Å². The molecule has 3 aromatic rings. The molecule has 2 N–H and O–H groups in total. The second-order valence-corrected chi connectivity index (χ2v) is 5.49. The molecule has 0 atom stereocenters. The number of nitrogen functional groups attached to an aromatic ring is 1. The minimum atomic E-state index is -0.338. The van der Waals surface area contributed by atoms with Gasteiger partial charge in [0, 0.05) is 5.56 Å². The number of rotatable bonds is 3. The second-order valence-electron chi connectivity index (χ2n) is 5.49. The van der Waals surface area contributed by atoms with Gasteiger partial charge in [0.05, 0.1) is 5.69 Å². The van der Waals surface area contributed by atoms with Crippen molar-refractivity contribution in [2.24, 2.45) is 0 Å². The molecule has 22 heavy (non-hydrogen) atoms. The van der Waals surface area contributed by atoms with Crippen LogP contribution in [0.4, 0.5) is 10.2 Å². The highest BCUT2D eigenvalue weighted by atomic mass is 19.1. The Kier molecular flexibility index (Phi) is 3.63. The van der Waals surface area contributed by atoms with Gasteiger partial charge in [-0.05, 0) is 29.7 Å². The van der Waals surface area contributed by atoms with Crippen molar-refractivity contribution in [3.8, 4) is 16.9 Å². The van der Waals surface area contributed by atoms with Gasteiger partial charge < -0.3 is 5.73 Å². The molecule has 4 nitrogen and oxygen atoms in total. The third kappa shape index (κ3) is 2.57. The Bertz CT molecular complexity index is 791. The molecular weight excluding hydrogens is 279 g/mol. The van der Waals surface area contributed by atoms with Crippen molar-refractivity contribution in [3.63, 3.8) is 0 Å². The van der Waals surface area contributed by atoms with Crippen LogP contribution in [0.5, 0.6) is 0 Å². The van der Waals surface area contributed by atoms with Crippen LogP contribution in [0.2, 0.25) is 0 Å². The smallest absolute Gasteiger partial charge is 0.155 e. The predicted molar refractivity (Wildman–Crippen MR) is 85.3 cm³/mol. The molecule has 0 aliphatic carbocycles. The summed E-state index contributed by atoms with van der Waals surface area (Å²) in [5, 5.41) is 8.17. The van der Waals surface area contributed by atoms with Gasteiger partial charge in [0.25, 0.3) is 0 Å². The van der Waals surface area contributed by atoms with E-state index in [4.69, 9.17) is 5.73 Å². The fourth-order valence-corrected chi connectivity index (χ4v) is 2.32. The number of anilines is 1. The Balaban J connectivity index is 2.00. The lowest BCUT2D eigenvalue weighted by Gasteiger charge is -2.06. The van der Waals surface area contributed by atoms with Crippen LogP contribution >= 0.6 is 0 Å². The van der Waals surface area contributed by atoms with E-state index in [1.54, 1.807) is 12.1 Å². The first kappa shape index (κ1) is 14.3. The van der Waals surface area contributed by atoms with Crippen molar-refractivity contribution < 1.29 is 4.39 Å². The number of nitrogens with zero attached hydrogens (tertiary/aromatic N) is 3. The molecule has 2 aromatic carbocycles. The predicted octanol–water partition coefficient (Wildman–Crippen LogP) is 3.78. The first-order valence-electron chi connectivity index (χ1n) is 7.13. The summed E-state index contributed by atoms with van der Waals surface area (Å²) >= 11 is 0. The molecule has 0 saturated heterocycles. The number of hydrogen-bond acceptors (Lipinski definition) is 3. The molecule has 0 unspecified atom stereocenters. The van der Waals surface area contributed by atoms with Crippen molar-refractivity contribution in [3.05, 3.63) is 59.9 Å². The summed E-state index contributed by atoms with van der Waals surface area (Å²) in [6.07, 6.45) is 0. The van der Waals surface area contributed by atoms with Gasteiger partial charge in [-0.15, -0.1) is 5.10 Å². The topological polar surface area (TPSA) is 56.7 Å². The summed E-state index contributed by atoms with van der Waals surface area (Å²) in [4.78, 5) is 0. The minimum absolute atomic E-state index is 0.338. The molecule has 0 spiro atoms. The highest BCUT2D eigenvalue weighted by Crippen LogP contribution is 2.27. The maximum Gasteiger partial charge on any atom is 0.155 e. The summed E-state index contributed by atoms with van der Waals surface area (Å²) in [5.41, 5.74) is 9.42. The highest BCUT2D eigenvalue weighted by Gasteiger charge is 2.13. The quantitative estimate of drug-likeness (QED) is 0.800. The molecule has 5 heteroatoms. The van der Waals surface area contributed by atoms with E-state index < -0.39 is 0 Å². The van der Waals surface area contributed by atoms with Crippen molar-refractivity contribution in [1.29, 1.82) is 0 Å². The van der Waals surface area contributed by atoms with E-state index in [0.29, 0.717) is 23.1 Å². The third-order valence-electron chi connectivity index (χ3n) is 3.61. The lowest BCUT2D eigenvalue weighted by atomic mass is 10.0. The fourth-order valence-electron chi connectivity index (χ4n) is 2.32. The van der Waals surface area contributed by atoms with E-state index in [2.05, 4.69) is 36.3 Å². The fraction of sp³-hybridized carbons (Fsp3) is 0.176.